The first-order chi connectivity index (χ1) is 9.41. The highest BCUT2D eigenvalue weighted by atomic mass is 32.2. The minimum absolute atomic E-state index is 0.0183. The van der Waals surface area contributed by atoms with Crippen LogP contribution < -0.4 is 16.2 Å². The molecule has 5 N–H and O–H groups in total. The second-order valence-corrected chi connectivity index (χ2v) is 6.96. The molecule has 0 amide bonds. The van der Waals surface area contributed by atoms with Crippen molar-refractivity contribution in [1.29, 1.82) is 0 Å². The summed E-state index contributed by atoms with van der Waals surface area (Å²) in [5.41, 5.74) is 6.97. The lowest BCUT2D eigenvalue weighted by atomic mass is 10.1. The number of nitrogen functional groups attached to an aromatic ring is 1. The Bertz CT molecular complexity index is 682. The summed E-state index contributed by atoms with van der Waals surface area (Å²) in [5.74, 6) is 0. The molecule has 0 radical (unpaired) electrons. The summed E-state index contributed by atoms with van der Waals surface area (Å²) in [7, 11) is -3.73. The van der Waals surface area contributed by atoms with Gasteiger partial charge in [-0.05, 0) is 36.1 Å². The smallest absolute Gasteiger partial charge is 0.238 e. The van der Waals surface area contributed by atoms with Gasteiger partial charge >= 0.3 is 0 Å². The average molecular weight is 311 g/mol. The Morgan fingerprint density at radius 3 is 2.60 bits per heavy atom. The molecule has 0 bridgehead atoms. The third-order valence-electron chi connectivity index (χ3n) is 2.98. The number of thiophene rings is 1. The molecule has 108 valence electrons. The molecule has 1 unspecified atom stereocenters. The van der Waals surface area contributed by atoms with Gasteiger partial charge in [-0.2, -0.15) is 0 Å². The van der Waals surface area contributed by atoms with Crippen LogP contribution in [0.15, 0.2) is 40.6 Å². The maximum Gasteiger partial charge on any atom is 0.238 e. The molecule has 1 aromatic heterocycles. The molecule has 7 heteroatoms. The van der Waals surface area contributed by atoms with Gasteiger partial charge in [0.05, 0.1) is 22.3 Å². The van der Waals surface area contributed by atoms with Gasteiger partial charge in [-0.3, -0.25) is 0 Å². The molecule has 2 rings (SSSR count). The lowest BCUT2D eigenvalue weighted by Crippen LogP contribution is -2.14. The number of anilines is 2. The van der Waals surface area contributed by atoms with E-state index in [9.17, 15) is 8.42 Å². The van der Waals surface area contributed by atoms with Crippen molar-refractivity contribution in [2.24, 2.45) is 5.14 Å². The number of benzene rings is 1. The largest absolute Gasteiger partial charge is 0.397 e. The molecular weight excluding hydrogens is 294 g/mol. The Morgan fingerprint density at radius 2 is 2.10 bits per heavy atom. The molecule has 1 heterocycles. The lowest BCUT2D eigenvalue weighted by molar-refractivity contribution is 0.598. The number of hydrogen-bond donors (Lipinski definition) is 3. The zero-order chi connectivity index (χ0) is 14.8. The first-order valence-corrected chi connectivity index (χ1v) is 8.56. The van der Waals surface area contributed by atoms with Gasteiger partial charge in [0, 0.05) is 4.88 Å². The van der Waals surface area contributed by atoms with Gasteiger partial charge in [0.2, 0.25) is 10.0 Å². The van der Waals surface area contributed by atoms with E-state index in [0.717, 1.165) is 6.42 Å². The highest BCUT2D eigenvalue weighted by Gasteiger charge is 2.14. The van der Waals surface area contributed by atoms with E-state index in [1.54, 1.807) is 17.4 Å². The molecule has 0 saturated carbocycles. The average Bonchev–Trinajstić information content (AvgIpc) is 2.90. The van der Waals surface area contributed by atoms with Crippen LogP contribution in [-0.4, -0.2) is 8.42 Å². The Labute approximate surface area is 122 Å². The van der Waals surface area contributed by atoms with Crippen molar-refractivity contribution >= 4 is 32.7 Å². The van der Waals surface area contributed by atoms with Crippen LogP contribution in [0.1, 0.15) is 24.3 Å². The van der Waals surface area contributed by atoms with Gasteiger partial charge in [-0.15, -0.1) is 11.3 Å². The molecule has 2 aromatic rings. The first-order valence-electron chi connectivity index (χ1n) is 6.14. The van der Waals surface area contributed by atoms with Crippen molar-refractivity contribution in [3.8, 4) is 0 Å². The Kier molecular flexibility index (Phi) is 4.32. The van der Waals surface area contributed by atoms with Gasteiger partial charge in [-0.25, -0.2) is 13.6 Å². The van der Waals surface area contributed by atoms with Crippen molar-refractivity contribution in [3.05, 3.63) is 40.6 Å². The van der Waals surface area contributed by atoms with Crippen LogP contribution in [0.3, 0.4) is 0 Å². The maximum atomic E-state index is 11.3. The fraction of sp³-hybridized carbons (Fsp3) is 0.231. The third kappa shape index (κ3) is 3.30. The van der Waals surface area contributed by atoms with E-state index in [2.05, 4.69) is 18.3 Å². The Hall–Kier alpha value is -1.57. The van der Waals surface area contributed by atoms with E-state index in [4.69, 9.17) is 10.9 Å². The number of nitrogens with one attached hydrogen (secondary N) is 1. The Balaban J connectivity index is 2.26. The van der Waals surface area contributed by atoms with E-state index >= 15 is 0 Å². The van der Waals surface area contributed by atoms with Gasteiger partial charge in [0.1, 0.15) is 0 Å². The lowest BCUT2D eigenvalue weighted by Gasteiger charge is -2.18. The molecular formula is C13H17N3O2S2. The monoisotopic (exact) mass is 311 g/mol. The molecule has 5 nitrogen and oxygen atoms in total. The second kappa shape index (κ2) is 5.82. The minimum atomic E-state index is -3.73. The third-order valence-corrected chi connectivity index (χ3v) is 4.87. The topological polar surface area (TPSA) is 98.2 Å². The number of hydrogen-bond acceptors (Lipinski definition) is 5. The summed E-state index contributed by atoms with van der Waals surface area (Å²) in [4.78, 5) is 1.23. The molecule has 0 aliphatic carbocycles. The maximum absolute atomic E-state index is 11.3. The number of primary sulfonamides is 1. The highest BCUT2D eigenvalue weighted by molar-refractivity contribution is 7.89. The zero-order valence-corrected chi connectivity index (χ0v) is 12.7. The highest BCUT2D eigenvalue weighted by Crippen LogP contribution is 2.30. The fourth-order valence-corrected chi connectivity index (χ4v) is 3.31. The molecule has 1 aromatic carbocycles. The quantitative estimate of drug-likeness (QED) is 0.739. The standard InChI is InChI=1S/C13H17N3O2S2/c1-2-11(13-4-3-7-19-13)16-12-6-5-9(8-10(12)14)20(15,17)18/h3-8,11,16H,2,14H2,1H3,(H2,15,17,18). The van der Waals surface area contributed by atoms with Crippen LogP contribution in [-0.2, 0) is 10.0 Å². The van der Waals surface area contributed by atoms with E-state index in [1.807, 2.05) is 11.4 Å². The second-order valence-electron chi connectivity index (χ2n) is 4.41. The molecule has 0 fully saturated rings. The zero-order valence-electron chi connectivity index (χ0n) is 11.0. The summed E-state index contributed by atoms with van der Waals surface area (Å²) >= 11 is 1.67. The van der Waals surface area contributed by atoms with Gasteiger partial charge in [0.25, 0.3) is 0 Å². The minimum Gasteiger partial charge on any atom is -0.397 e. The fourth-order valence-electron chi connectivity index (χ4n) is 1.90. The summed E-state index contributed by atoms with van der Waals surface area (Å²) in [5, 5.41) is 10.4. The summed E-state index contributed by atoms with van der Waals surface area (Å²) in [6, 6.07) is 8.68. The van der Waals surface area contributed by atoms with Crippen LogP contribution in [0.5, 0.6) is 0 Å². The van der Waals surface area contributed by atoms with E-state index in [1.165, 1.54) is 17.0 Å². The molecule has 0 aliphatic rings. The predicted molar refractivity (Wildman–Crippen MR) is 83.2 cm³/mol. The SMILES string of the molecule is CCC(Nc1ccc(S(N)(=O)=O)cc1N)c1cccs1. The van der Waals surface area contributed by atoms with Crippen molar-refractivity contribution in [2.75, 3.05) is 11.1 Å². The van der Waals surface area contributed by atoms with Gasteiger partial charge in [-0.1, -0.05) is 13.0 Å². The van der Waals surface area contributed by atoms with Gasteiger partial charge < -0.3 is 11.1 Å². The summed E-state index contributed by atoms with van der Waals surface area (Å²) in [6.07, 6.45) is 0.900. The summed E-state index contributed by atoms with van der Waals surface area (Å²) < 4.78 is 22.5. The normalized spacial score (nSPS) is 13.1. The van der Waals surface area contributed by atoms with Crippen LogP contribution >= 0.6 is 11.3 Å². The van der Waals surface area contributed by atoms with E-state index in [-0.39, 0.29) is 10.9 Å². The summed E-state index contributed by atoms with van der Waals surface area (Å²) in [6.45, 7) is 2.08. The van der Waals surface area contributed by atoms with Crippen LogP contribution in [0, 0.1) is 0 Å². The van der Waals surface area contributed by atoms with Crippen molar-refractivity contribution in [2.45, 2.75) is 24.3 Å². The number of sulfonamides is 1. The van der Waals surface area contributed by atoms with Crippen molar-refractivity contribution in [3.63, 3.8) is 0 Å². The molecule has 0 saturated heterocycles. The molecule has 0 spiro atoms. The van der Waals surface area contributed by atoms with Crippen LogP contribution in [0.25, 0.3) is 0 Å². The number of nitrogens with two attached hydrogens (primary N) is 2. The van der Waals surface area contributed by atoms with E-state index in [0.29, 0.717) is 11.4 Å². The van der Waals surface area contributed by atoms with Gasteiger partial charge in [0.15, 0.2) is 0 Å². The predicted octanol–water partition coefficient (Wildman–Crippen LogP) is 2.54. The molecule has 20 heavy (non-hydrogen) atoms. The molecule has 1 atom stereocenters. The van der Waals surface area contributed by atoms with E-state index < -0.39 is 10.0 Å². The van der Waals surface area contributed by atoms with Crippen molar-refractivity contribution < 1.29 is 8.42 Å². The molecule has 0 aliphatic heterocycles. The van der Waals surface area contributed by atoms with Crippen LogP contribution in [0.4, 0.5) is 11.4 Å². The van der Waals surface area contributed by atoms with Crippen molar-refractivity contribution in [1.82, 2.24) is 0 Å². The first kappa shape index (κ1) is 14.8. The Morgan fingerprint density at radius 1 is 1.35 bits per heavy atom. The van der Waals surface area contributed by atoms with Crippen LogP contribution in [0.2, 0.25) is 0 Å². The number of rotatable bonds is 5.